The molecule has 1 saturated heterocycles. The van der Waals surface area contributed by atoms with E-state index in [1.54, 1.807) is 0 Å². The zero-order valence-corrected chi connectivity index (χ0v) is 15.7. The van der Waals surface area contributed by atoms with E-state index in [9.17, 15) is 0 Å². The van der Waals surface area contributed by atoms with Crippen molar-refractivity contribution in [1.29, 1.82) is 0 Å². The number of fused-ring (bicyclic) bond motifs is 4. The van der Waals surface area contributed by atoms with Crippen LogP contribution in [0.2, 0.25) is 0 Å². The van der Waals surface area contributed by atoms with Gasteiger partial charge in [0.25, 0.3) is 0 Å². The van der Waals surface area contributed by atoms with Crippen molar-refractivity contribution in [1.82, 2.24) is 0 Å². The number of hydrogen-bond donors (Lipinski definition) is 0. The van der Waals surface area contributed by atoms with Crippen molar-refractivity contribution < 1.29 is 4.74 Å². The molecular weight excluding hydrogens is 340 g/mol. The van der Waals surface area contributed by atoms with Crippen LogP contribution in [0.3, 0.4) is 0 Å². The fraction of sp³-hybridized carbons (Fsp3) is 0.185. The molecule has 1 aliphatic carbocycles. The third kappa shape index (κ3) is 2.11. The van der Waals surface area contributed by atoms with E-state index in [0.717, 1.165) is 12.8 Å². The molecular formula is C27H22O. The molecule has 1 heteroatoms. The van der Waals surface area contributed by atoms with Crippen LogP contribution >= 0.6 is 0 Å². The minimum Gasteiger partial charge on any atom is -0.357 e. The van der Waals surface area contributed by atoms with E-state index in [-0.39, 0.29) is 11.7 Å². The van der Waals surface area contributed by atoms with Crippen molar-refractivity contribution in [2.75, 3.05) is 0 Å². The smallest absolute Gasteiger partial charge is 0.125 e. The van der Waals surface area contributed by atoms with Crippen molar-refractivity contribution in [2.24, 2.45) is 5.92 Å². The number of aryl methyl sites for hydroxylation is 1. The Morgan fingerprint density at radius 3 is 2.32 bits per heavy atom. The summed E-state index contributed by atoms with van der Waals surface area (Å²) in [5.74, 6) is 0.454. The quantitative estimate of drug-likeness (QED) is 0.400. The minimum atomic E-state index is -0.351. The Morgan fingerprint density at radius 2 is 1.39 bits per heavy atom. The molecule has 0 aromatic heterocycles. The lowest BCUT2D eigenvalue weighted by Crippen LogP contribution is -2.56. The van der Waals surface area contributed by atoms with Crippen LogP contribution in [0, 0.1) is 5.92 Å². The molecule has 2 aliphatic rings. The van der Waals surface area contributed by atoms with Crippen LogP contribution in [0.5, 0.6) is 0 Å². The molecule has 0 spiro atoms. The van der Waals surface area contributed by atoms with Gasteiger partial charge in [-0.1, -0.05) is 97.1 Å². The summed E-state index contributed by atoms with van der Waals surface area (Å²) in [6.07, 6.45) is 2.44. The van der Waals surface area contributed by atoms with E-state index < -0.39 is 0 Å². The Kier molecular flexibility index (Phi) is 3.48. The van der Waals surface area contributed by atoms with Gasteiger partial charge in [0.15, 0.2) is 0 Å². The number of hydrogen-bond acceptors (Lipinski definition) is 1. The Balaban J connectivity index is 1.59. The summed E-state index contributed by atoms with van der Waals surface area (Å²) in [6.45, 7) is 0. The van der Waals surface area contributed by atoms with Crippen molar-refractivity contribution in [3.05, 3.63) is 119 Å². The highest BCUT2D eigenvalue weighted by molar-refractivity contribution is 5.87. The van der Waals surface area contributed by atoms with Gasteiger partial charge in [-0.2, -0.15) is 0 Å². The molecule has 1 nitrogen and oxygen atoms in total. The zero-order valence-electron chi connectivity index (χ0n) is 15.7. The number of benzene rings is 4. The summed E-state index contributed by atoms with van der Waals surface area (Å²) >= 11 is 0. The van der Waals surface area contributed by atoms with Crippen molar-refractivity contribution in [2.45, 2.75) is 24.5 Å². The van der Waals surface area contributed by atoms with Gasteiger partial charge in [0, 0.05) is 5.92 Å². The fourth-order valence-corrected chi connectivity index (χ4v) is 5.44. The molecule has 1 aliphatic heterocycles. The molecule has 136 valence electrons. The summed E-state index contributed by atoms with van der Waals surface area (Å²) in [5.41, 5.74) is 5.04. The Morgan fingerprint density at radius 1 is 0.679 bits per heavy atom. The first kappa shape index (κ1) is 16.1. The molecule has 1 fully saturated rings. The van der Waals surface area contributed by atoms with Crippen molar-refractivity contribution >= 4 is 10.8 Å². The van der Waals surface area contributed by atoms with Gasteiger partial charge in [0.05, 0.1) is 6.10 Å². The molecule has 1 heterocycles. The predicted octanol–water partition coefficient (Wildman–Crippen LogP) is 6.42. The number of rotatable bonds is 2. The lowest BCUT2D eigenvalue weighted by atomic mass is 9.60. The molecule has 0 radical (unpaired) electrons. The van der Waals surface area contributed by atoms with Gasteiger partial charge in [-0.25, -0.2) is 0 Å². The monoisotopic (exact) mass is 362 g/mol. The van der Waals surface area contributed by atoms with Crippen LogP contribution in [0.25, 0.3) is 10.8 Å². The minimum absolute atomic E-state index is 0.161. The number of ether oxygens (including phenoxy) is 1. The van der Waals surface area contributed by atoms with Crippen LogP contribution in [0.4, 0.5) is 0 Å². The highest BCUT2D eigenvalue weighted by atomic mass is 16.5. The molecule has 6 rings (SSSR count). The molecule has 0 unspecified atom stereocenters. The first-order valence-corrected chi connectivity index (χ1v) is 10.2. The van der Waals surface area contributed by atoms with Crippen LogP contribution in [0.1, 0.15) is 34.8 Å². The largest absolute Gasteiger partial charge is 0.357 e. The van der Waals surface area contributed by atoms with Crippen LogP contribution in [-0.2, 0) is 16.8 Å². The van der Waals surface area contributed by atoms with Crippen LogP contribution < -0.4 is 0 Å². The first-order valence-electron chi connectivity index (χ1n) is 10.2. The second kappa shape index (κ2) is 6.05. The van der Waals surface area contributed by atoms with Gasteiger partial charge in [-0.3, -0.25) is 0 Å². The van der Waals surface area contributed by atoms with Gasteiger partial charge in [0.2, 0.25) is 0 Å². The van der Waals surface area contributed by atoms with Gasteiger partial charge in [0.1, 0.15) is 5.60 Å². The first-order chi connectivity index (χ1) is 13.9. The van der Waals surface area contributed by atoms with Crippen molar-refractivity contribution in [3.8, 4) is 0 Å². The van der Waals surface area contributed by atoms with E-state index in [0.29, 0.717) is 5.92 Å². The molecule has 28 heavy (non-hydrogen) atoms. The SMILES string of the molecule is c1ccc([C@H]2O[C@]3(c4cccc5ccccc45)c4ccccc4CC[C@@H]23)cc1. The zero-order chi connectivity index (χ0) is 18.6. The van der Waals surface area contributed by atoms with E-state index in [4.69, 9.17) is 4.74 Å². The topological polar surface area (TPSA) is 9.23 Å². The summed E-state index contributed by atoms with van der Waals surface area (Å²) in [4.78, 5) is 0. The summed E-state index contributed by atoms with van der Waals surface area (Å²) < 4.78 is 6.94. The van der Waals surface area contributed by atoms with Crippen LogP contribution in [-0.4, -0.2) is 0 Å². The lowest BCUT2D eigenvalue weighted by Gasteiger charge is -2.59. The van der Waals surface area contributed by atoms with E-state index in [1.165, 1.54) is 33.0 Å². The highest BCUT2D eigenvalue weighted by Gasteiger charge is 2.60. The third-order valence-electron chi connectivity index (χ3n) is 6.66. The molecule has 0 N–H and O–H groups in total. The maximum absolute atomic E-state index is 6.94. The molecule has 0 bridgehead atoms. The van der Waals surface area contributed by atoms with Gasteiger partial charge in [-0.15, -0.1) is 0 Å². The van der Waals surface area contributed by atoms with E-state index in [2.05, 4.69) is 97.1 Å². The second-order valence-electron chi connectivity index (χ2n) is 8.01. The summed E-state index contributed by atoms with van der Waals surface area (Å²) in [6, 6.07) is 35.0. The second-order valence-corrected chi connectivity index (χ2v) is 8.01. The summed E-state index contributed by atoms with van der Waals surface area (Å²) in [5, 5.41) is 2.58. The highest BCUT2D eigenvalue weighted by Crippen LogP contribution is 2.63. The van der Waals surface area contributed by atoms with E-state index >= 15 is 0 Å². The average molecular weight is 362 g/mol. The third-order valence-corrected chi connectivity index (χ3v) is 6.66. The normalized spacial score (nSPS) is 25.6. The average Bonchev–Trinajstić information content (AvgIpc) is 2.75. The lowest BCUT2D eigenvalue weighted by molar-refractivity contribution is -0.256. The van der Waals surface area contributed by atoms with Gasteiger partial charge >= 0.3 is 0 Å². The maximum atomic E-state index is 6.94. The standard InChI is InChI=1S/C27H22O/c1-2-11-21(12-3-1)26-25-18-17-20-10-5-7-15-23(20)27(25,28-26)24-16-8-13-19-9-4-6-14-22(19)24/h1-16,25-26H,17-18H2/t25-,26+,27-/m0/s1. The molecule has 0 saturated carbocycles. The molecule has 0 amide bonds. The van der Waals surface area contributed by atoms with E-state index in [1.807, 2.05) is 0 Å². The Labute approximate surface area is 165 Å². The molecule has 4 aromatic rings. The fourth-order valence-electron chi connectivity index (χ4n) is 5.44. The Bertz CT molecular complexity index is 1160. The van der Waals surface area contributed by atoms with Gasteiger partial charge in [-0.05, 0) is 45.9 Å². The summed E-state index contributed by atoms with van der Waals surface area (Å²) in [7, 11) is 0. The predicted molar refractivity (Wildman–Crippen MR) is 113 cm³/mol. The maximum Gasteiger partial charge on any atom is 0.125 e. The van der Waals surface area contributed by atoms with Crippen molar-refractivity contribution in [3.63, 3.8) is 0 Å². The Hall–Kier alpha value is -2.90. The van der Waals surface area contributed by atoms with Gasteiger partial charge < -0.3 is 4.74 Å². The van der Waals surface area contributed by atoms with Crippen LogP contribution in [0.15, 0.2) is 97.1 Å². The molecule has 3 atom stereocenters. The molecule has 4 aromatic carbocycles.